The normalized spacial score (nSPS) is 13.2. The van der Waals surface area contributed by atoms with Crippen LogP contribution in [-0.4, -0.2) is 30.4 Å². The molecule has 1 aliphatic carbocycles. The highest BCUT2D eigenvalue weighted by atomic mass is 16.6. The number of carbonyl (C=O) groups excluding carboxylic acids is 1. The second-order valence-electron chi connectivity index (χ2n) is 7.63. The maximum Gasteiger partial charge on any atom is 0.293 e. The van der Waals surface area contributed by atoms with Crippen molar-refractivity contribution < 1.29 is 9.72 Å². The molecule has 1 aliphatic rings. The highest BCUT2D eigenvalue weighted by molar-refractivity contribution is 5.91. The molecule has 32 heavy (non-hydrogen) atoms. The molecule has 2 heterocycles. The number of non-ortho nitro benzene ring substituents is 1. The summed E-state index contributed by atoms with van der Waals surface area (Å²) in [5.74, 6) is -0.212. The molecule has 5 rings (SSSR count). The first kappa shape index (κ1) is 19.6. The van der Waals surface area contributed by atoms with Gasteiger partial charge in [-0.3, -0.25) is 19.7 Å². The van der Waals surface area contributed by atoms with Gasteiger partial charge in [0.05, 0.1) is 22.5 Å². The number of carbonyl (C=O) groups is 1. The molecule has 0 radical (unpaired) electrons. The second kappa shape index (κ2) is 7.73. The van der Waals surface area contributed by atoms with Crippen LogP contribution in [-0.2, 0) is 11.3 Å². The van der Waals surface area contributed by atoms with Crippen LogP contribution < -0.4 is 10.9 Å². The third-order valence-corrected chi connectivity index (χ3v) is 5.33. The van der Waals surface area contributed by atoms with E-state index in [9.17, 15) is 19.7 Å². The Morgan fingerprint density at radius 1 is 1.12 bits per heavy atom. The summed E-state index contributed by atoms with van der Waals surface area (Å²) < 4.78 is 2.74. The van der Waals surface area contributed by atoms with Crippen molar-refractivity contribution in [3.63, 3.8) is 0 Å². The summed E-state index contributed by atoms with van der Waals surface area (Å²) in [4.78, 5) is 36.2. The maximum absolute atomic E-state index is 13.3. The van der Waals surface area contributed by atoms with E-state index in [-0.39, 0.29) is 18.2 Å². The Balaban J connectivity index is 1.49. The molecule has 2 aromatic carbocycles. The lowest BCUT2D eigenvalue weighted by Crippen LogP contribution is -2.31. The van der Waals surface area contributed by atoms with Crippen molar-refractivity contribution in [2.24, 2.45) is 0 Å². The van der Waals surface area contributed by atoms with Gasteiger partial charge in [0.15, 0.2) is 0 Å². The van der Waals surface area contributed by atoms with Crippen molar-refractivity contribution in [2.75, 3.05) is 5.32 Å². The van der Waals surface area contributed by atoms with Crippen molar-refractivity contribution in [1.29, 1.82) is 0 Å². The van der Waals surface area contributed by atoms with Crippen LogP contribution in [0.3, 0.4) is 0 Å². The Hall–Kier alpha value is -4.34. The molecule has 0 unspecified atom stereocenters. The van der Waals surface area contributed by atoms with Gasteiger partial charge in [0.1, 0.15) is 12.1 Å². The summed E-state index contributed by atoms with van der Waals surface area (Å²) in [6.45, 7) is -0.286. The molecule has 0 bridgehead atoms. The van der Waals surface area contributed by atoms with Crippen molar-refractivity contribution >= 4 is 28.2 Å². The zero-order valence-corrected chi connectivity index (χ0v) is 16.8. The Morgan fingerprint density at radius 2 is 1.84 bits per heavy atom. The molecule has 1 amide bonds. The van der Waals surface area contributed by atoms with Crippen LogP contribution in [0.15, 0.2) is 65.6 Å². The van der Waals surface area contributed by atoms with Crippen LogP contribution in [0, 0.1) is 10.1 Å². The Labute approximate surface area is 181 Å². The molecular formula is C22H18N6O4. The summed E-state index contributed by atoms with van der Waals surface area (Å²) >= 11 is 0. The average Bonchev–Trinajstić information content (AvgIpc) is 3.54. The van der Waals surface area contributed by atoms with E-state index < -0.39 is 16.4 Å². The monoisotopic (exact) mass is 430 g/mol. The zero-order valence-electron chi connectivity index (χ0n) is 16.8. The van der Waals surface area contributed by atoms with E-state index in [1.807, 2.05) is 30.3 Å². The van der Waals surface area contributed by atoms with E-state index in [0.717, 1.165) is 28.9 Å². The molecule has 0 aliphatic heterocycles. The largest absolute Gasteiger partial charge is 0.324 e. The number of aromatic nitrogens is 4. The standard InChI is InChI=1S/C22H18N6O4/c29-19(24-15-8-10-17(11-9-15)28(31)32)13-26-22(30)21-18(20(25-26)14-6-7-14)12-23-27(21)16-4-2-1-3-5-16/h1-5,8-12,14H,6-7,13H2,(H,24,29). The highest BCUT2D eigenvalue weighted by Gasteiger charge is 2.30. The molecule has 1 fully saturated rings. The fraction of sp³-hybridized carbons (Fsp3) is 0.182. The SMILES string of the molecule is O=C(Cn1nc(C2CC2)c2cnn(-c3ccccc3)c2c1=O)Nc1ccc([N+](=O)[O-])cc1. The van der Waals surface area contributed by atoms with E-state index in [0.29, 0.717) is 16.6 Å². The zero-order chi connectivity index (χ0) is 22.2. The number of nitrogens with zero attached hydrogens (tertiary/aromatic N) is 5. The Bertz CT molecular complexity index is 1390. The van der Waals surface area contributed by atoms with Gasteiger partial charge in [-0.25, -0.2) is 9.36 Å². The van der Waals surface area contributed by atoms with Gasteiger partial charge in [-0.1, -0.05) is 18.2 Å². The molecule has 0 atom stereocenters. The fourth-order valence-electron chi connectivity index (χ4n) is 3.63. The molecule has 1 N–H and O–H groups in total. The van der Waals surface area contributed by atoms with E-state index in [2.05, 4.69) is 15.5 Å². The molecule has 1 saturated carbocycles. The summed E-state index contributed by atoms with van der Waals surface area (Å²) in [6.07, 6.45) is 3.61. The van der Waals surface area contributed by atoms with E-state index >= 15 is 0 Å². The van der Waals surface area contributed by atoms with Gasteiger partial charge in [0.25, 0.3) is 11.2 Å². The minimum atomic E-state index is -0.514. The van der Waals surface area contributed by atoms with Crippen LogP contribution in [0.2, 0.25) is 0 Å². The number of fused-ring (bicyclic) bond motifs is 1. The van der Waals surface area contributed by atoms with Gasteiger partial charge < -0.3 is 5.32 Å². The summed E-state index contributed by atoms with van der Waals surface area (Å²) in [5, 5.41) is 23.0. The number of rotatable bonds is 6. The first-order valence-corrected chi connectivity index (χ1v) is 10.1. The lowest BCUT2D eigenvalue weighted by Gasteiger charge is -2.10. The van der Waals surface area contributed by atoms with Gasteiger partial charge in [0.2, 0.25) is 5.91 Å². The van der Waals surface area contributed by atoms with Crippen LogP contribution in [0.25, 0.3) is 16.6 Å². The number of nitro groups is 1. The number of anilines is 1. The molecule has 10 nitrogen and oxygen atoms in total. The Kier molecular flexibility index (Phi) is 4.74. The molecular weight excluding hydrogens is 412 g/mol. The molecule has 10 heteroatoms. The topological polar surface area (TPSA) is 125 Å². The van der Waals surface area contributed by atoms with Crippen LogP contribution in [0.1, 0.15) is 24.5 Å². The third kappa shape index (κ3) is 3.62. The minimum Gasteiger partial charge on any atom is -0.324 e. The van der Waals surface area contributed by atoms with Crippen molar-refractivity contribution in [3.05, 3.63) is 87.0 Å². The molecule has 4 aromatic rings. The highest BCUT2D eigenvalue weighted by Crippen LogP contribution is 2.41. The molecule has 0 spiro atoms. The second-order valence-corrected chi connectivity index (χ2v) is 7.63. The average molecular weight is 430 g/mol. The predicted octanol–water partition coefficient (Wildman–Crippen LogP) is 3.01. The van der Waals surface area contributed by atoms with Crippen molar-refractivity contribution in [1.82, 2.24) is 19.6 Å². The quantitative estimate of drug-likeness (QED) is 0.370. The number of nitro benzene ring substituents is 1. The number of amides is 1. The number of hydrogen-bond acceptors (Lipinski definition) is 6. The summed E-state index contributed by atoms with van der Waals surface area (Å²) in [5.41, 5.74) is 1.81. The van der Waals surface area contributed by atoms with Gasteiger partial charge in [-0.05, 0) is 37.1 Å². The smallest absolute Gasteiger partial charge is 0.293 e. The Morgan fingerprint density at radius 3 is 2.50 bits per heavy atom. The minimum absolute atomic E-state index is 0.0745. The summed E-state index contributed by atoms with van der Waals surface area (Å²) in [7, 11) is 0. The maximum atomic E-state index is 13.3. The van der Waals surface area contributed by atoms with Crippen LogP contribution in [0.5, 0.6) is 0 Å². The lowest BCUT2D eigenvalue weighted by atomic mass is 10.2. The third-order valence-electron chi connectivity index (χ3n) is 5.33. The number of nitrogens with one attached hydrogen (secondary N) is 1. The van der Waals surface area contributed by atoms with Gasteiger partial charge in [-0.15, -0.1) is 0 Å². The van der Waals surface area contributed by atoms with Crippen molar-refractivity contribution in [2.45, 2.75) is 25.3 Å². The molecule has 2 aromatic heterocycles. The predicted molar refractivity (Wildman–Crippen MR) is 117 cm³/mol. The van der Waals surface area contributed by atoms with Gasteiger partial charge >= 0.3 is 0 Å². The fourth-order valence-corrected chi connectivity index (χ4v) is 3.63. The summed E-state index contributed by atoms with van der Waals surface area (Å²) in [6, 6.07) is 14.8. The van der Waals surface area contributed by atoms with E-state index in [4.69, 9.17) is 0 Å². The van der Waals surface area contributed by atoms with Crippen LogP contribution in [0.4, 0.5) is 11.4 Å². The number of benzene rings is 2. The van der Waals surface area contributed by atoms with Crippen molar-refractivity contribution in [3.8, 4) is 5.69 Å². The van der Waals surface area contributed by atoms with Gasteiger partial charge in [-0.2, -0.15) is 10.2 Å². The number of hydrogen-bond donors (Lipinski definition) is 1. The first-order chi connectivity index (χ1) is 15.5. The molecule has 0 saturated heterocycles. The van der Waals surface area contributed by atoms with Crippen LogP contribution >= 0.6 is 0 Å². The lowest BCUT2D eigenvalue weighted by molar-refractivity contribution is -0.384. The first-order valence-electron chi connectivity index (χ1n) is 10.1. The van der Waals surface area contributed by atoms with Gasteiger partial charge in [0, 0.05) is 29.1 Å². The molecule has 160 valence electrons. The van der Waals surface area contributed by atoms with E-state index in [1.54, 1.807) is 10.9 Å². The van der Waals surface area contributed by atoms with E-state index in [1.165, 1.54) is 24.3 Å². The number of para-hydroxylation sites is 1.